The third kappa shape index (κ3) is 7.88. The Labute approximate surface area is 129 Å². The first-order chi connectivity index (χ1) is 10.3. The number of rotatable bonds is 11. The molecule has 1 aromatic rings. The fourth-order valence-electron chi connectivity index (χ4n) is 1.93. The molecular weight excluding hydrogens is 262 g/mol. The highest BCUT2D eigenvalue weighted by Gasteiger charge is 1.97. The van der Waals surface area contributed by atoms with Crippen LogP contribution in [0.15, 0.2) is 29.8 Å². The van der Waals surface area contributed by atoms with Crippen LogP contribution in [0, 0.1) is 0 Å². The van der Waals surface area contributed by atoms with Crippen LogP contribution in [-0.2, 0) is 4.74 Å². The van der Waals surface area contributed by atoms with E-state index in [-0.39, 0.29) is 0 Å². The third-order valence-corrected chi connectivity index (χ3v) is 3.31. The number of methoxy groups -OCH3 is 1. The predicted molar refractivity (Wildman–Crippen MR) is 89.9 cm³/mol. The highest BCUT2D eigenvalue weighted by molar-refractivity contribution is 5.54. The molecule has 0 radical (unpaired) electrons. The molecule has 0 heterocycles. The van der Waals surface area contributed by atoms with Crippen LogP contribution in [0.25, 0.3) is 6.08 Å². The molecule has 0 saturated heterocycles. The van der Waals surface area contributed by atoms with Crippen molar-refractivity contribution < 1.29 is 9.47 Å². The van der Waals surface area contributed by atoms with Crippen LogP contribution in [-0.4, -0.2) is 33.4 Å². The second-order valence-corrected chi connectivity index (χ2v) is 5.10. The minimum absolute atomic E-state index is 0.751. The van der Waals surface area contributed by atoms with Crippen molar-refractivity contribution in [2.75, 3.05) is 33.4 Å². The van der Waals surface area contributed by atoms with E-state index in [0.717, 1.165) is 51.3 Å². The lowest BCUT2D eigenvalue weighted by Gasteiger charge is -2.08. The van der Waals surface area contributed by atoms with Gasteiger partial charge in [0, 0.05) is 20.2 Å². The van der Waals surface area contributed by atoms with Gasteiger partial charge in [0.05, 0.1) is 13.2 Å². The molecule has 0 fully saturated rings. The molecule has 21 heavy (non-hydrogen) atoms. The number of unbranched alkanes of at least 4 members (excludes halogenated alkanes) is 1. The molecule has 0 amide bonds. The van der Waals surface area contributed by atoms with E-state index >= 15 is 0 Å². The summed E-state index contributed by atoms with van der Waals surface area (Å²) >= 11 is 0. The van der Waals surface area contributed by atoms with E-state index in [1.54, 1.807) is 7.11 Å². The lowest BCUT2D eigenvalue weighted by Crippen LogP contribution is -2.21. The molecule has 3 nitrogen and oxygen atoms in total. The smallest absolute Gasteiger partial charge is 0.119 e. The summed E-state index contributed by atoms with van der Waals surface area (Å²) in [4.78, 5) is 0. The largest absolute Gasteiger partial charge is 0.494 e. The normalized spacial score (nSPS) is 11.7. The maximum Gasteiger partial charge on any atom is 0.119 e. The molecule has 118 valence electrons. The Morgan fingerprint density at radius 3 is 2.52 bits per heavy atom. The van der Waals surface area contributed by atoms with Crippen molar-refractivity contribution in [1.82, 2.24) is 5.32 Å². The molecule has 0 atom stereocenters. The van der Waals surface area contributed by atoms with Crippen molar-refractivity contribution in [1.29, 1.82) is 0 Å². The van der Waals surface area contributed by atoms with Gasteiger partial charge in [0.1, 0.15) is 5.75 Å². The minimum Gasteiger partial charge on any atom is -0.494 e. The van der Waals surface area contributed by atoms with Crippen LogP contribution in [0.4, 0.5) is 0 Å². The van der Waals surface area contributed by atoms with Crippen molar-refractivity contribution in [2.45, 2.75) is 33.1 Å². The van der Waals surface area contributed by atoms with Crippen LogP contribution < -0.4 is 10.1 Å². The first kappa shape index (κ1) is 17.7. The molecule has 0 unspecified atom stereocenters. The molecule has 0 aliphatic rings. The van der Waals surface area contributed by atoms with Gasteiger partial charge in [-0.2, -0.15) is 0 Å². The van der Waals surface area contributed by atoms with Gasteiger partial charge >= 0.3 is 0 Å². The topological polar surface area (TPSA) is 30.5 Å². The first-order valence-corrected chi connectivity index (χ1v) is 7.92. The van der Waals surface area contributed by atoms with E-state index in [1.807, 2.05) is 12.1 Å². The number of benzene rings is 1. The van der Waals surface area contributed by atoms with Gasteiger partial charge < -0.3 is 14.8 Å². The molecule has 1 rings (SSSR count). The van der Waals surface area contributed by atoms with E-state index in [9.17, 15) is 0 Å². The Hall–Kier alpha value is -1.32. The van der Waals surface area contributed by atoms with Gasteiger partial charge in [-0.15, -0.1) is 0 Å². The van der Waals surface area contributed by atoms with Crippen LogP contribution in [0.2, 0.25) is 0 Å². The summed E-state index contributed by atoms with van der Waals surface area (Å²) in [5, 5.41) is 3.39. The van der Waals surface area contributed by atoms with E-state index in [4.69, 9.17) is 9.47 Å². The molecule has 0 saturated carbocycles. The maximum absolute atomic E-state index is 5.68. The van der Waals surface area contributed by atoms with Gasteiger partial charge in [-0.3, -0.25) is 0 Å². The third-order valence-electron chi connectivity index (χ3n) is 3.31. The quantitative estimate of drug-likeness (QED) is 0.627. The zero-order chi connectivity index (χ0) is 15.3. The monoisotopic (exact) mass is 291 g/mol. The molecule has 1 N–H and O–H groups in total. The molecule has 3 heteroatoms. The number of ether oxygens (including phenoxy) is 2. The zero-order valence-corrected chi connectivity index (χ0v) is 13.7. The van der Waals surface area contributed by atoms with Gasteiger partial charge in [0.2, 0.25) is 0 Å². The average molecular weight is 291 g/mol. The van der Waals surface area contributed by atoms with Crippen molar-refractivity contribution in [2.24, 2.45) is 0 Å². The van der Waals surface area contributed by atoms with E-state index in [1.165, 1.54) is 11.1 Å². The lowest BCUT2D eigenvalue weighted by molar-refractivity contribution is 0.200. The Morgan fingerprint density at radius 1 is 1.14 bits per heavy atom. The van der Waals surface area contributed by atoms with Crippen molar-refractivity contribution >= 4 is 6.08 Å². The first-order valence-electron chi connectivity index (χ1n) is 7.92. The van der Waals surface area contributed by atoms with Gasteiger partial charge in [0.25, 0.3) is 0 Å². The van der Waals surface area contributed by atoms with E-state index in [0.29, 0.717) is 0 Å². The Bertz CT molecular complexity index is 398. The summed E-state index contributed by atoms with van der Waals surface area (Å²) < 4.78 is 10.7. The Kier molecular flexibility index (Phi) is 9.58. The second-order valence-electron chi connectivity index (χ2n) is 5.10. The Balaban J connectivity index is 2.48. The van der Waals surface area contributed by atoms with Gasteiger partial charge in [-0.25, -0.2) is 0 Å². The maximum atomic E-state index is 5.68. The molecule has 0 bridgehead atoms. The summed E-state index contributed by atoms with van der Waals surface area (Å²) in [5.41, 5.74) is 2.62. The van der Waals surface area contributed by atoms with Crippen LogP contribution >= 0.6 is 0 Å². The van der Waals surface area contributed by atoms with Crippen LogP contribution in [0.3, 0.4) is 0 Å². The van der Waals surface area contributed by atoms with Crippen molar-refractivity contribution in [3.05, 3.63) is 35.4 Å². The summed E-state index contributed by atoms with van der Waals surface area (Å²) in [6.07, 6.45) is 5.57. The SMILES string of the molecule is CCCCOc1ccc(C=C(CC)CNCCOC)cc1. The van der Waals surface area contributed by atoms with Gasteiger partial charge in [-0.05, 0) is 30.5 Å². The second kappa shape index (κ2) is 11.4. The van der Waals surface area contributed by atoms with Gasteiger partial charge in [0.15, 0.2) is 0 Å². The average Bonchev–Trinajstić information content (AvgIpc) is 2.52. The van der Waals surface area contributed by atoms with E-state index in [2.05, 4.69) is 37.4 Å². The summed E-state index contributed by atoms with van der Waals surface area (Å²) in [7, 11) is 1.72. The summed E-state index contributed by atoms with van der Waals surface area (Å²) in [5.74, 6) is 0.955. The minimum atomic E-state index is 0.751. The predicted octanol–water partition coefficient (Wildman–Crippen LogP) is 3.89. The number of nitrogens with one attached hydrogen (secondary N) is 1. The Morgan fingerprint density at radius 2 is 1.90 bits per heavy atom. The number of hydrogen-bond donors (Lipinski definition) is 1. The molecule has 0 aliphatic carbocycles. The molecule has 0 aliphatic heterocycles. The summed E-state index contributed by atoms with van der Waals surface area (Å²) in [6.45, 7) is 7.71. The van der Waals surface area contributed by atoms with Crippen LogP contribution in [0.1, 0.15) is 38.7 Å². The zero-order valence-electron chi connectivity index (χ0n) is 13.7. The van der Waals surface area contributed by atoms with Crippen LogP contribution in [0.5, 0.6) is 5.75 Å². The number of hydrogen-bond acceptors (Lipinski definition) is 3. The van der Waals surface area contributed by atoms with Crippen molar-refractivity contribution in [3.8, 4) is 5.75 Å². The molecule has 0 spiro atoms. The molecular formula is C18H29NO2. The fraction of sp³-hybridized carbons (Fsp3) is 0.556. The fourth-order valence-corrected chi connectivity index (χ4v) is 1.93. The molecule has 1 aromatic carbocycles. The lowest BCUT2D eigenvalue weighted by atomic mass is 10.1. The highest BCUT2D eigenvalue weighted by atomic mass is 16.5. The molecule has 0 aromatic heterocycles. The van der Waals surface area contributed by atoms with E-state index < -0.39 is 0 Å². The summed E-state index contributed by atoms with van der Waals surface area (Å²) in [6, 6.07) is 8.33. The van der Waals surface area contributed by atoms with Gasteiger partial charge in [-0.1, -0.05) is 44.1 Å². The standard InChI is InChI=1S/C18H29NO2/c1-4-6-12-21-18-9-7-17(8-10-18)14-16(5-2)15-19-11-13-20-3/h7-10,14,19H,4-6,11-13,15H2,1-3H3. The van der Waals surface area contributed by atoms with Crippen molar-refractivity contribution in [3.63, 3.8) is 0 Å². The highest BCUT2D eigenvalue weighted by Crippen LogP contribution is 2.15.